The fourth-order valence-electron chi connectivity index (χ4n) is 4.54. The molecule has 1 amide bonds. The highest BCUT2D eigenvalue weighted by atomic mass is 16.6. The first-order chi connectivity index (χ1) is 18.1. The lowest BCUT2D eigenvalue weighted by atomic mass is 9.92. The molecule has 9 nitrogen and oxygen atoms in total. The summed E-state index contributed by atoms with van der Waals surface area (Å²) in [6.45, 7) is 5.26. The van der Waals surface area contributed by atoms with Gasteiger partial charge in [-0.25, -0.2) is 4.79 Å². The molecule has 9 heteroatoms. The number of carbonyl (C=O) groups is 3. The second-order valence-electron chi connectivity index (χ2n) is 9.37. The zero-order valence-electron chi connectivity index (χ0n) is 22.9. The molecule has 204 valence electrons. The van der Waals surface area contributed by atoms with Crippen LogP contribution in [0.3, 0.4) is 0 Å². The van der Waals surface area contributed by atoms with Gasteiger partial charge in [0.1, 0.15) is 6.04 Å². The number of amides is 1. The summed E-state index contributed by atoms with van der Waals surface area (Å²) in [5.74, 6) is 1.04. The molecule has 0 heterocycles. The Hall–Kier alpha value is -4.01. The maximum Gasteiger partial charge on any atom is 0.334 e. The number of ether oxygens (including phenoxy) is 5. The largest absolute Gasteiger partial charge is 0.493 e. The Morgan fingerprint density at radius 1 is 0.895 bits per heavy atom. The van der Waals surface area contributed by atoms with Crippen LogP contribution >= 0.6 is 0 Å². The van der Waals surface area contributed by atoms with Gasteiger partial charge in [0.05, 0.1) is 28.4 Å². The molecule has 0 saturated heterocycles. The molecule has 0 saturated carbocycles. The molecule has 0 aliphatic heterocycles. The summed E-state index contributed by atoms with van der Waals surface area (Å²) in [5.41, 5.74) is 2.78. The van der Waals surface area contributed by atoms with E-state index in [1.165, 1.54) is 28.3 Å². The molecule has 0 unspecified atom stereocenters. The number of ketones is 1. The van der Waals surface area contributed by atoms with Crippen molar-refractivity contribution in [2.75, 3.05) is 28.4 Å². The average Bonchev–Trinajstić information content (AvgIpc) is 3.04. The van der Waals surface area contributed by atoms with Crippen molar-refractivity contribution in [1.82, 2.24) is 5.32 Å². The number of fused-ring (bicyclic) bond motifs is 1. The van der Waals surface area contributed by atoms with Crippen molar-refractivity contribution in [2.45, 2.75) is 46.1 Å². The van der Waals surface area contributed by atoms with Gasteiger partial charge in [-0.05, 0) is 59.7 Å². The monoisotopic (exact) mass is 525 g/mol. The van der Waals surface area contributed by atoms with Crippen molar-refractivity contribution >= 4 is 23.2 Å². The maximum atomic E-state index is 13.1. The summed E-state index contributed by atoms with van der Waals surface area (Å²) in [4.78, 5) is 37.6. The van der Waals surface area contributed by atoms with Crippen LogP contribution in [0.15, 0.2) is 30.3 Å². The second kappa shape index (κ2) is 12.5. The minimum absolute atomic E-state index is 0.0618. The van der Waals surface area contributed by atoms with Gasteiger partial charge in [-0.3, -0.25) is 9.59 Å². The Labute approximate surface area is 223 Å². The van der Waals surface area contributed by atoms with E-state index in [0.717, 1.165) is 11.1 Å². The fraction of sp³-hybridized carbons (Fsp3) is 0.414. The molecule has 0 bridgehead atoms. The molecule has 3 rings (SSSR count). The SMILES string of the molecule is COc1ccc(C2=CC(=O)CCc3c2cc(OC)c(OC)c3OC)cc1OC(=O)[C@H](CC(C)C)NC(C)=O. The van der Waals surface area contributed by atoms with E-state index in [2.05, 4.69) is 5.32 Å². The number of benzene rings is 2. The molecule has 2 aromatic rings. The lowest BCUT2D eigenvalue weighted by Crippen LogP contribution is -2.42. The molecule has 2 aromatic carbocycles. The van der Waals surface area contributed by atoms with Crippen molar-refractivity contribution in [3.8, 4) is 28.7 Å². The third-order valence-electron chi connectivity index (χ3n) is 6.20. The molecule has 1 atom stereocenters. The van der Waals surface area contributed by atoms with Gasteiger partial charge in [0, 0.05) is 18.9 Å². The normalized spacial score (nSPS) is 13.6. The number of hydrogen-bond acceptors (Lipinski definition) is 8. The van der Waals surface area contributed by atoms with Crippen LogP contribution in [0.1, 0.15) is 50.3 Å². The minimum atomic E-state index is -0.818. The molecule has 1 aliphatic carbocycles. The van der Waals surface area contributed by atoms with Gasteiger partial charge >= 0.3 is 5.97 Å². The highest BCUT2D eigenvalue weighted by Gasteiger charge is 2.28. The molecule has 0 radical (unpaired) electrons. The van der Waals surface area contributed by atoms with Crippen molar-refractivity contribution in [3.05, 3.63) is 47.0 Å². The molecule has 1 aliphatic rings. The first-order valence-corrected chi connectivity index (χ1v) is 12.4. The predicted molar refractivity (Wildman–Crippen MR) is 142 cm³/mol. The van der Waals surface area contributed by atoms with E-state index in [9.17, 15) is 14.4 Å². The first-order valence-electron chi connectivity index (χ1n) is 12.4. The topological polar surface area (TPSA) is 109 Å². The molecular formula is C29H35NO8. The van der Waals surface area contributed by atoms with E-state index in [4.69, 9.17) is 23.7 Å². The smallest absolute Gasteiger partial charge is 0.334 e. The van der Waals surface area contributed by atoms with Crippen molar-refractivity contribution in [1.29, 1.82) is 0 Å². The maximum absolute atomic E-state index is 13.1. The van der Waals surface area contributed by atoms with E-state index in [1.807, 2.05) is 19.9 Å². The van der Waals surface area contributed by atoms with Crippen molar-refractivity contribution in [2.24, 2.45) is 5.92 Å². The van der Waals surface area contributed by atoms with E-state index >= 15 is 0 Å². The summed E-state index contributed by atoms with van der Waals surface area (Å²) < 4.78 is 28.0. The lowest BCUT2D eigenvalue weighted by molar-refractivity contribution is -0.139. The van der Waals surface area contributed by atoms with E-state index < -0.39 is 12.0 Å². The van der Waals surface area contributed by atoms with Gasteiger partial charge in [-0.2, -0.15) is 0 Å². The molecule has 0 spiro atoms. The third kappa shape index (κ3) is 6.27. The Balaban J connectivity index is 2.12. The fourth-order valence-corrected chi connectivity index (χ4v) is 4.54. The average molecular weight is 526 g/mol. The van der Waals surface area contributed by atoms with Gasteiger partial charge in [-0.1, -0.05) is 19.9 Å². The summed E-state index contributed by atoms with van der Waals surface area (Å²) in [6.07, 6.45) is 2.72. The number of rotatable bonds is 10. The van der Waals surface area contributed by atoms with Crippen LogP contribution < -0.4 is 29.0 Å². The molecule has 1 N–H and O–H groups in total. The zero-order chi connectivity index (χ0) is 28.0. The Morgan fingerprint density at radius 3 is 2.16 bits per heavy atom. The summed E-state index contributed by atoms with van der Waals surface area (Å²) >= 11 is 0. The van der Waals surface area contributed by atoms with Crippen molar-refractivity contribution in [3.63, 3.8) is 0 Å². The van der Waals surface area contributed by atoms with Gasteiger partial charge in [0.2, 0.25) is 11.7 Å². The molecule has 0 aromatic heterocycles. The Kier molecular flexibility index (Phi) is 9.39. The van der Waals surface area contributed by atoms with E-state index in [-0.39, 0.29) is 29.8 Å². The highest BCUT2D eigenvalue weighted by Crippen LogP contribution is 2.47. The number of esters is 1. The number of hydrogen-bond donors (Lipinski definition) is 1. The van der Waals surface area contributed by atoms with Crippen LogP contribution in [0.2, 0.25) is 0 Å². The third-order valence-corrected chi connectivity index (χ3v) is 6.20. The lowest BCUT2D eigenvalue weighted by Gasteiger charge is -2.21. The van der Waals surface area contributed by atoms with Gasteiger partial charge in [0.25, 0.3) is 0 Å². The quantitative estimate of drug-likeness (QED) is 0.364. The van der Waals surface area contributed by atoms with E-state index in [0.29, 0.717) is 47.0 Å². The number of nitrogens with one attached hydrogen (secondary N) is 1. The van der Waals surface area contributed by atoms with E-state index in [1.54, 1.807) is 31.4 Å². The standard InChI is InChI=1S/C29H35NO8/c1-16(2)12-23(30-17(3)31)29(33)38-25-13-18(8-11-24(25)34-4)21-14-19(32)9-10-20-22(21)15-26(35-5)28(37-7)27(20)36-6/h8,11,13-16,23H,9-10,12H2,1-7H3,(H,30,31)/t23-/m0/s1. The molecular weight excluding hydrogens is 490 g/mol. The molecule has 38 heavy (non-hydrogen) atoms. The number of methoxy groups -OCH3 is 4. The Morgan fingerprint density at radius 2 is 1.58 bits per heavy atom. The van der Waals surface area contributed by atoms with Gasteiger partial charge < -0.3 is 29.0 Å². The minimum Gasteiger partial charge on any atom is -0.493 e. The van der Waals surface area contributed by atoms with Crippen LogP contribution in [0, 0.1) is 5.92 Å². The van der Waals surface area contributed by atoms with Crippen LogP contribution in [-0.2, 0) is 20.8 Å². The molecule has 0 fully saturated rings. The second-order valence-corrected chi connectivity index (χ2v) is 9.37. The number of carbonyl (C=O) groups excluding carboxylic acids is 3. The van der Waals surface area contributed by atoms with Crippen molar-refractivity contribution < 1.29 is 38.1 Å². The number of allylic oxidation sites excluding steroid dienone is 1. The van der Waals surface area contributed by atoms with Gasteiger partial charge in [0.15, 0.2) is 28.8 Å². The van der Waals surface area contributed by atoms with Gasteiger partial charge in [-0.15, -0.1) is 0 Å². The summed E-state index contributed by atoms with van der Waals surface area (Å²) in [5, 5.41) is 2.66. The van der Waals surface area contributed by atoms with Crippen LogP contribution in [0.25, 0.3) is 5.57 Å². The predicted octanol–water partition coefficient (Wildman–Crippen LogP) is 4.12. The first kappa shape index (κ1) is 28.6. The summed E-state index contributed by atoms with van der Waals surface area (Å²) in [6, 6.07) is 6.09. The van der Waals surface area contributed by atoms with Crippen LogP contribution in [-0.4, -0.2) is 52.1 Å². The summed E-state index contributed by atoms with van der Waals surface area (Å²) in [7, 11) is 6.07. The van der Waals surface area contributed by atoms with Crippen LogP contribution in [0.4, 0.5) is 0 Å². The zero-order valence-corrected chi connectivity index (χ0v) is 22.9. The van der Waals surface area contributed by atoms with Crippen LogP contribution in [0.5, 0.6) is 28.7 Å². The Bertz CT molecular complexity index is 1250. The highest BCUT2D eigenvalue weighted by molar-refractivity contribution is 6.03.